The SMILES string of the molecule is O=C(Nc1ccc(F)c(F)c1)C(=O)N1CCN(c2ccccc2)CC1. The van der Waals surface area contributed by atoms with E-state index < -0.39 is 23.4 Å². The van der Waals surface area contributed by atoms with Crippen LogP contribution in [0, 0.1) is 11.6 Å². The van der Waals surface area contributed by atoms with Crippen LogP contribution in [0.5, 0.6) is 0 Å². The van der Waals surface area contributed by atoms with Crippen LogP contribution in [0.15, 0.2) is 48.5 Å². The third-order valence-electron chi connectivity index (χ3n) is 4.06. The number of piperazine rings is 1. The molecule has 1 aliphatic heterocycles. The Morgan fingerprint density at radius 2 is 1.56 bits per heavy atom. The number of carbonyl (C=O) groups is 2. The normalized spacial score (nSPS) is 14.3. The fraction of sp³-hybridized carbons (Fsp3) is 0.222. The number of nitrogens with one attached hydrogen (secondary N) is 1. The van der Waals surface area contributed by atoms with Crippen LogP contribution >= 0.6 is 0 Å². The summed E-state index contributed by atoms with van der Waals surface area (Å²) in [4.78, 5) is 27.8. The molecule has 0 radical (unpaired) electrons. The zero-order valence-corrected chi connectivity index (χ0v) is 13.4. The number of anilines is 2. The number of hydrogen-bond acceptors (Lipinski definition) is 3. The monoisotopic (exact) mass is 345 g/mol. The third kappa shape index (κ3) is 3.93. The molecule has 1 heterocycles. The van der Waals surface area contributed by atoms with Crippen LogP contribution in [0.1, 0.15) is 0 Å². The third-order valence-corrected chi connectivity index (χ3v) is 4.06. The zero-order valence-electron chi connectivity index (χ0n) is 13.4. The van der Waals surface area contributed by atoms with Gasteiger partial charge in [0.05, 0.1) is 0 Å². The summed E-state index contributed by atoms with van der Waals surface area (Å²) in [7, 11) is 0. The minimum Gasteiger partial charge on any atom is -0.368 e. The fourth-order valence-electron chi connectivity index (χ4n) is 2.71. The van der Waals surface area contributed by atoms with Crippen molar-refractivity contribution in [3.63, 3.8) is 0 Å². The second-order valence-corrected chi connectivity index (χ2v) is 5.70. The van der Waals surface area contributed by atoms with Gasteiger partial charge in [0.2, 0.25) is 0 Å². The van der Waals surface area contributed by atoms with Gasteiger partial charge in [-0.1, -0.05) is 18.2 Å². The molecule has 25 heavy (non-hydrogen) atoms. The first-order valence-corrected chi connectivity index (χ1v) is 7.90. The second kappa shape index (κ2) is 7.29. The Morgan fingerprint density at radius 1 is 0.880 bits per heavy atom. The van der Waals surface area contributed by atoms with E-state index in [9.17, 15) is 18.4 Å². The smallest absolute Gasteiger partial charge is 0.313 e. The maximum atomic E-state index is 13.2. The molecule has 1 aliphatic rings. The average molecular weight is 345 g/mol. The minimum atomic E-state index is -1.08. The molecule has 2 aromatic rings. The Kier molecular flexibility index (Phi) is 4.92. The molecule has 0 bridgehead atoms. The van der Waals surface area contributed by atoms with Crippen LogP contribution in [0.4, 0.5) is 20.2 Å². The highest BCUT2D eigenvalue weighted by atomic mass is 19.2. The van der Waals surface area contributed by atoms with E-state index in [0.29, 0.717) is 26.2 Å². The summed E-state index contributed by atoms with van der Waals surface area (Å²) in [5.74, 6) is -3.64. The van der Waals surface area contributed by atoms with Crippen LogP contribution in [0.2, 0.25) is 0 Å². The summed E-state index contributed by atoms with van der Waals surface area (Å²) in [6, 6.07) is 12.8. The molecular formula is C18H17F2N3O2. The van der Waals surface area contributed by atoms with Crippen molar-refractivity contribution in [1.82, 2.24) is 4.90 Å². The van der Waals surface area contributed by atoms with Crippen LogP contribution in [0.3, 0.4) is 0 Å². The van der Waals surface area contributed by atoms with Crippen molar-refractivity contribution in [2.75, 3.05) is 36.4 Å². The van der Waals surface area contributed by atoms with Crippen molar-refractivity contribution in [1.29, 1.82) is 0 Å². The van der Waals surface area contributed by atoms with Gasteiger partial charge in [-0.05, 0) is 24.3 Å². The van der Waals surface area contributed by atoms with E-state index >= 15 is 0 Å². The first-order valence-electron chi connectivity index (χ1n) is 7.90. The van der Waals surface area contributed by atoms with Crippen molar-refractivity contribution in [2.45, 2.75) is 0 Å². The molecule has 2 amide bonds. The highest BCUT2D eigenvalue weighted by Gasteiger charge is 2.26. The fourth-order valence-corrected chi connectivity index (χ4v) is 2.71. The Labute approximate surface area is 143 Å². The number of hydrogen-bond donors (Lipinski definition) is 1. The number of nitrogens with zero attached hydrogens (tertiary/aromatic N) is 2. The lowest BCUT2D eigenvalue weighted by atomic mass is 10.2. The quantitative estimate of drug-likeness (QED) is 0.850. The lowest BCUT2D eigenvalue weighted by molar-refractivity contribution is -0.143. The summed E-state index contributed by atoms with van der Waals surface area (Å²) >= 11 is 0. The highest BCUT2D eigenvalue weighted by Crippen LogP contribution is 2.16. The molecule has 0 atom stereocenters. The van der Waals surface area contributed by atoms with Gasteiger partial charge in [-0.15, -0.1) is 0 Å². The van der Waals surface area contributed by atoms with Gasteiger partial charge in [0.1, 0.15) is 0 Å². The van der Waals surface area contributed by atoms with E-state index in [1.54, 1.807) is 0 Å². The molecule has 1 N–H and O–H groups in total. The van der Waals surface area contributed by atoms with E-state index in [1.807, 2.05) is 30.3 Å². The first-order chi connectivity index (χ1) is 12.0. The number of halogens is 2. The summed E-state index contributed by atoms with van der Waals surface area (Å²) in [6.45, 7) is 2.07. The van der Waals surface area contributed by atoms with Gasteiger partial charge >= 0.3 is 11.8 Å². The maximum Gasteiger partial charge on any atom is 0.313 e. The Bertz CT molecular complexity index is 775. The van der Waals surface area contributed by atoms with Gasteiger partial charge in [0.25, 0.3) is 0 Å². The van der Waals surface area contributed by atoms with Crippen molar-refractivity contribution >= 4 is 23.2 Å². The number of carbonyl (C=O) groups excluding carboxylic acids is 2. The summed E-state index contributed by atoms with van der Waals surface area (Å²) in [5.41, 5.74) is 1.11. The predicted octanol–water partition coefficient (Wildman–Crippen LogP) is 2.25. The van der Waals surface area contributed by atoms with Crippen LogP contribution in [0.25, 0.3) is 0 Å². The second-order valence-electron chi connectivity index (χ2n) is 5.70. The Morgan fingerprint density at radius 3 is 2.20 bits per heavy atom. The molecule has 5 nitrogen and oxygen atoms in total. The number of rotatable bonds is 2. The summed E-state index contributed by atoms with van der Waals surface area (Å²) in [5, 5.41) is 2.30. The van der Waals surface area contributed by atoms with Gasteiger partial charge in [-0.2, -0.15) is 0 Å². The average Bonchev–Trinajstić information content (AvgIpc) is 2.65. The number of amides is 2. The van der Waals surface area contributed by atoms with Gasteiger partial charge in [0, 0.05) is 43.6 Å². The van der Waals surface area contributed by atoms with Gasteiger partial charge in [-0.3, -0.25) is 9.59 Å². The summed E-state index contributed by atoms with van der Waals surface area (Å²) < 4.78 is 26.1. The zero-order chi connectivity index (χ0) is 17.8. The molecule has 130 valence electrons. The number of para-hydroxylation sites is 1. The standard InChI is InChI=1S/C18H17F2N3O2/c19-15-7-6-13(12-16(15)20)21-17(24)18(25)23-10-8-22(9-11-23)14-4-2-1-3-5-14/h1-7,12H,8-11H2,(H,21,24). The van der Waals surface area contributed by atoms with E-state index in [0.717, 1.165) is 17.8 Å². The molecule has 0 aliphatic carbocycles. The molecule has 2 aromatic carbocycles. The molecule has 0 unspecified atom stereocenters. The van der Waals surface area contributed by atoms with E-state index in [4.69, 9.17) is 0 Å². The molecule has 1 saturated heterocycles. The topological polar surface area (TPSA) is 52.7 Å². The van der Waals surface area contributed by atoms with Crippen molar-refractivity contribution in [3.05, 3.63) is 60.2 Å². The van der Waals surface area contributed by atoms with Crippen molar-refractivity contribution in [3.8, 4) is 0 Å². The molecule has 1 fully saturated rings. The largest absolute Gasteiger partial charge is 0.368 e. The van der Waals surface area contributed by atoms with E-state index in [1.165, 1.54) is 11.0 Å². The lowest BCUT2D eigenvalue weighted by Crippen LogP contribution is -2.51. The molecule has 3 rings (SSSR count). The molecule has 0 saturated carbocycles. The van der Waals surface area contributed by atoms with Crippen molar-refractivity contribution in [2.24, 2.45) is 0 Å². The highest BCUT2D eigenvalue weighted by molar-refractivity contribution is 6.39. The maximum absolute atomic E-state index is 13.2. The van der Waals surface area contributed by atoms with Crippen molar-refractivity contribution < 1.29 is 18.4 Å². The Balaban J connectivity index is 1.56. The lowest BCUT2D eigenvalue weighted by Gasteiger charge is -2.35. The first kappa shape index (κ1) is 16.9. The summed E-state index contributed by atoms with van der Waals surface area (Å²) in [6.07, 6.45) is 0. The van der Waals surface area contributed by atoms with E-state index in [2.05, 4.69) is 10.2 Å². The minimum absolute atomic E-state index is 0.0418. The van der Waals surface area contributed by atoms with Crippen LogP contribution < -0.4 is 10.2 Å². The Hall–Kier alpha value is -2.96. The van der Waals surface area contributed by atoms with Gasteiger partial charge in [-0.25, -0.2) is 8.78 Å². The molecule has 0 aromatic heterocycles. The number of benzene rings is 2. The van der Waals surface area contributed by atoms with E-state index in [-0.39, 0.29) is 5.69 Å². The molecule has 0 spiro atoms. The molecular weight excluding hydrogens is 328 g/mol. The van der Waals surface area contributed by atoms with Gasteiger partial charge in [0.15, 0.2) is 11.6 Å². The predicted molar refractivity (Wildman–Crippen MR) is 90.2 cm³/mol. The van der Waals surface area contributed by atoms with Gasteiger partial charge < -0.3 is 15.1 Å². The van der Waals surface area contributed by atoms with Crippen LogP contribution in [-0.4, -0.2) is 42.9 Å². The molecule has 7 heteroatoms. The van der Waals surface area contributed by atoms with Crippen LogP contribution in [-0.2, 0) is 9.59 Å².